The van der Waals surface area contributed by atoms with E-state index in [1.165, 1.54) is 12.1 Å². The molecule has 1 aromatic heterocycles. The predicted octanol–water partition coefficient (Wildman–Crippen LogP) is 2.73. The summed E-state index contributed by atoms with van der Waals surface area (Å²) in [6.45, 7) is 3.36. The first-order valence-electron chi connectivity index (χ1n) is 5.30. The fraction of sp³-hybridized carbons (Fsp3) is 0.182. The number of nitrogens with one attached hydrogen (secondary N) is 2. The predicted molar refractivity (Wildman–Crippen MR) is 73.0 cm³/mol. The Kier molecular flexibility index (Phi) is 3.64. The summed E-state index contributed by atoms with van der Waals surface area (Å²) in [7, 11) is -3.84. The molecule has 2 aromatic rings. The molecule has 0 aliphatic carbocycles. The fourth-order valence-corrected chi connectivity index (χ4v) is 2.98. The number of halogens is 2. The van der Waals surface area contributed by atoms with Crippen molar-refractivity contribution in [2.24, 2.45) is 0 Å². The average Bonchev–Trinajstić information content (AvgIpc) is 2.64. The molecule has 2 N–H and O–H groups in total. The molecular formula is C11H11BrFN3O2S. The van der Waals surface area contributed by atoms with Gasteiger partial charge in [-0.1, -0.05) is 0 Å². The maximum absolute atomic E-state index is 13.4. The first-order valence-corrected chi connectivity index (χ1v) is 7.58. The minimum Gasteiger partial charge on any atom is -0.280 e. The Morgan fingerprint density at radius 3 is 2.58 bits per heavy atom. The standard InChI is InChI=1S/C11H11BrFN3O2S/c1-6-11(7(2)15-14-6)16-19(17,18)8-3-4-9(12)10(13)5-8/h3-5,16H,1-2H3,(H,14,15). The Bertz CT molecular complexity index is 708. The Balaban J connectivity index is 2.41. The largest absolute Gasteiger partial charge is 0.280 e. The molecule has 0 unspecified atom stereocenters. The molecule has 0 radical (unpaired) electrons. The van der Waals surface area contributed by atoms with Crippen LogP contribution >= 0.6 is 15.9 Å². The van der Waals surface area contributed by atoms with E-state index in [9.17, 15) is 12.8 Å². The summed E-state index contributed by atoms with van der Waals surface area (Å²) < 4.78 is 40.3. The lowest BCUT2D eigenvalue weighted by Crippen LogP contribution is -2.14. The van der Waals surface area contributed by atoms with Crippen molar-refractivity contribution in [1.29, 1.82) is 0 Å². The minimum atomic E-state index is -3.84. The molecule has 0 amide bonds. The van der Waals surface area contributed by atoms with E-state index in [2.05, 4.69) is 30.8 Å². The van der Waals surface area contributed by atoms with Gasteiger partial charge in [0.2, 0.25) is 0 Å². The zero-order valence-corrected chi connectivity index (χ0v) is 12.6. The molecule has 0 atom stereocenters. The summed E-state index contributed by atoms with van der Waals surface area (Å²) >= 11 is 2.97. The van der Waals surface area contributed by atoms with Crippen LogP contribution in [0.5, 0.6) is 0 Å². The van der Waals surface area contributed by atoms with Gasteiger partial charge in [0, 0.05) is 0 Å². The number of aromatic amines is 1. The molecule has 0 fully saturated rings. The van der Waals surface area contributed by atoms with E-state index >= 15 is 0 Å². The monoisotopic (exact) mass is 347 g/mol. The van der Waals surface area contributed by atoms with Gasteiger partial charge < -0.3 is 0 Å². The maximum atomic E-state index is 13.4. The zero-order chi connectivity index (χ0) is 14.2. The summed E-state index contributed by atoms with van der Waals surface area (Å²) in [5.74, 6) is -0.636. The van der Waals surface area contributed by atoms with Crippen LogP contribution in [0.3, 0.4) is 0 Å². The molecule has 0 bridgehead atoms. The Hall–Kier alpha value is -1.41. The third-order valence-electron chi connectivity index (χ3n) is 2.57. The Morgan fingerprint density at radius 2 is 2.05 bits per heavy atom. The zero-order valence-electron chi connectivity index (χ0n) is 10.2. The van der Waals surface area contributed by atoms with Gasteiger partial charge in [-0.25, -0.2) is 12.8 Å². The molecule has 0 saturated carbocycles. The van der Waals surface area contributed by atoms with Crippen LogP contribution in [-0.2, 0) is 10.0 Å². The highest BCUT2D eigenvalue weighted by atomic mass is 79.9. The number of aromatic nitrogens is 2. The van der Waals surface area contributed by atoms with Crippen LogP contribution in [0, 0.1) is 19.7 Å². The molecule has 0 saturated heterocycles. The van der Waals surface area contributed by atoms with Crippen molar-refractivity contribution in [3.8, 4) is 0 Å². The number of sulfonamides is 1. The van der Waals surface area contributed by atoms with Crippen molar-refractivity contribution in [2.75, 3.05) is 4.72 Å². The SMILES string of the molecule is Cc1n[nH]c(C)c1NS(=O)(=O)c1ccc(Br)c(F)c1. The van der Waals surface area contributed by atoms with Gasteiger partial charge in [0.25, 0.3) is 10.0 Å². The van der Waals surface area contributed by atoms with Gasteiger partial charge in [-0.05, 0) is 48.0 Å². The lowest BCUT2D eigenvalue weighted by Gasteiger charge is -2.08. The summed E-state index contributed by atoms with van der Waals surface area (Å²) in [5, 5.41) is 6.57. The number of hydrogen-bond donors (Lipinski definition) is 2. The van der Waals surface area contributed by atoms with Crippen LogP contribution < -0.4 is 4.72 Å². The first-order chi connectivity index (χ1) is 8.81. The van der Waals surface area contributed by atoms with Crippen LogP contribution in [0.1, 0.15) is 11.4 Å². The molecule has 19 heavy (non-hydrogen) atoms. The van der Waals surface area contributed by atoms with Crippen molar-refractivity contribution in [2.45, 2.75) is 18.7 Å². The summed E-state index contributed by atoms with van der Waals surface area (Å²) in [6.07, 6.45) is 0. The van der Waals surface area contributed by atoms with Gasteiger partial charge in [-0.15, -0.1) is 0 Å². The highest BCUT2D eigenvalue weighted by Gasteiger charge is 2.19. The van der Waals surface area contributed by atoms with E-state index in [-0.39, 0.29) is 9.37 Å². The number of hydrogen-bond acceptors (Lipinski definition) is 3. The lowest BCUT2D eigenvalue weighted by molar-refractivity contribution is 0.593. The topological polar surface area (TPSA) is 74.8 Å². The second kappa shape index (κ2) is 4.93. The Labute approximate surface area is 118 Å². The van der Waals surface area contributed by atoms with Crippen LogP contribution in [-0.4, -0.2) is 18.6 Å². The van der Waals surface area contributed by atoms with E-state index in [0.717, 1.165) is 6.07 Å². The van der Waals surface area contributed by atoms with Gasteiger partial charge in [-0.2, -0.15) is 5.10 Å². The van der Waals surface area contributed by atoms with E-state index in [4.69, 9.17) is 0 Å². The van der Waals surface area contributed by atoms with Crippen LogP contribution in [0.2, 0.25) is 0 Å². The average molecular weight is 348 g/mol. The third-order valence-corrected chi connectivity index (χ3v) is 4.56. The van der Waals surface area contributed by atoms with Gasteiger partial charge >= 0.3 is 0 Å². The number of rotatable bonds is 3. The number of H-pyrrole nitrogens is 1. The Morgan fingerprint density at radius 1 is 1.37 bits per heavy atom. The minimum absolute atomic E-state index is 0.145. The van der Waals surface area contributed by atoms with E-state index < -0.39 is 15.8 Å². The number of anilines is 1. The maximum Gasteiger partial charge on any atom is 0.262 e. The van der Waals surface area contributed by atoms with Gasteiger partial charge in [-0.3, -0.25) is 9.82 Å². The van der Waals surface area contributed by atoms with Crippen LogP contribution in [0.25, 0.3) is 0 Å². The van der Waals surface area contributed by atoms with E-state index in [1.807, 2.05) is 0 Å². The molecule has 1 aromatic carbocycles. The molecule has 8 heteroatoms. The van der Waals surface area contributed by atoms with Crippen molar-refractivity contribution in [3.63, 3.8) is 0 Å². The van der Waals surface area contributed by atoms with E-state index in [0.29, 0.717) is 17.1 Å². The quantitative estimate of drug-likeness (QED) is 0.896. The molecule has 2 rings (SSSR count). The van der Waals surface area contributed by atoms with Crippen molar-refractivity contribution in [3.05, 3.63) is 39.9 Å². The molecule has 1 heterocycles. The van der Waals surface area contributed by atoms with Gasteiger partial charge in [0.1, 0.15) is 5.82 Å². The second-order valence-electron chi connectivity index (χ2n) is 3.99. The van der Waals surface area contributed by atoms with Crippen molar-refractivity contribution >= 4 is 31.6 Å². The second-order valence-corrected chi connectivity index (χ2v) is 6.53. The summed E-state index contributed by atoms with van der Waals surface area (Å²) in [5.41, 5.74) is 1.50. The third kappa shape index (κ3) is 2.79. The molecule has 0 spiro atoms. The molecule has 0 aliphatic rings. The lowest BCUT2D eigenvalue weighted by atomic mass is 10.3. The molecule has 102 valence electrons. The van der Waals surface area contributed by atoms with Gasteiger partial charge in [0.15, 0.2) is 0 Å². The number of nitrogens with zero attached hydrogens (tertiary/aromatic N) is 1. The van der Waals surface area contributed by atoms with Crippen LogP contribution in [0.4, 0.5) is 10.1 Å². The number of aryl methyl sites for hydroxylation is 2. The van der Waals surface area contributed by atoms with Gasteiger partial charge in [0.05, 0.1) is 26.4 Å². The highest BCUT2D eigenvalue weighted by Crippen LogP contribution is 2.23. The van der Waals surface area contributed by atoms with Crippen molar-refractivity contribution < 1.29 is 12.8 Å². The van der Waals surface area contributed by atoms with E-state index in [1.54, 1.807) is 13.8 Å². The summed E-state index contributed by atoms with van der Waals surface area (Å²) in [6, 6.07) is 3.62. The fourth-order valence-electron chi connectivity index (χ4n) is 1.54. The highest BCUT2D eigenvalue weighted by molar-refractivity contribution is 9.10. The van der Waals surface area contributed by atoms with Crippen LogP contribution in [0.15, 0.2) is 27.6 Å². The first kappa shape index (κ1) is 14.0. The molecule has 5 nitrogen and oxygen atoms in total. The summed E-state index contributed by atoms with van der Waals surface area (Å²) in [4.78, 5) is -0.145. The van der Waals surface area contributed by atoms with Crippen molar-refractivity contribution in [1.82, 2.24) is 10.2 Å². The molecule has 0 aliphatic heterocycles. The number of benzene rings is 1. The molecular weight excluding hydrogens is 337 g/mol. The normalized spacial score (nSPS) is 11.6. The smallest absolute Gasteiger partial charge is 0.262 e.